The molecule has 1 fully saturated rings. The monoisotopic (exact) mass is 181 g/mol. The third-order valence-electron chi connectivity index (χ3n) is 2.48. The molecule has 0 aliphatic carbocycles. The van der Waals surface area contributed by atoms with Crippen LogP contribution in [0.3, 0.4) is 0 Å². The van der Waals surface area contributed by atoms with Gasteiger partial charge in [0.2, 0.25) is 0 Å². The van der Waals surface area contributed by atoms with Crippen LogP contribution in [0, 0.1) is 0 Å². The predicted molar refractivity (Wildman–Crippen MR) is 48.6 cm³/mol. The fourth-order valence-electron chi connectivity index (χ4n) is 1.33. The zero-order valence-electron chi connectivity index (χ0n) is 8.32. The maximum absolute atomic E-state index is 5.17. The van der Waals surface area contributed by atoms with Gasteiger partial charge in [-0.15, -0.1) is 5.10 Å². The normalized spacial score (nSPS) is 20.3. The van der Waals surface area contributed by atoms with Crippen molar-refractivity contribution in [2.24, 2.45) is 0 Å². The van der Waals surface area contributed by atoms with Crippen LogP contribution >= 0.6 is 0 Å². The van der Waals surface area contributed by atoms with Crippen molar-refractivity contribution in [3.05, 3.63) is 11.9 Å². The first kappa shape index (κ1) is 8.69. The summed E-state index contributed by atoms with van der Waals surface area (Å²) in [5, 5.41) is 8.24. The van der Waals surface area contributed by atoms with E-state index in [9.17, 15) is 0 Å². The molecule has 0 atom stereocenters. The van der Waals surface area contributed by atoms with Gasteiger partial charge < -0.3 is 4.74 Å². The second-order valence-electron chi connectivity index (χ2n) is 4.23. The quantitative estimate of drug-likeness (QED) is 0.687. The van der Waals surface area contributed by atoms with E-state index in [0.717, 1.165) is 18.9 Å². The molecule has 1 aromatic rings. The van der Waals surface area contributed by atoms with Crippen molar-refractivity contribution >= 4 is 0 Å². The molecular weight excluding hydrogens is 166 g/mol. The number of hydrogen-bond donors (Lipinski definition) is 0. The molecule has 72 valence electrons. The Kier molecular flexibility index (Phi) is 1.87. The van der Waals surface area contributed by atoms with E-state index in [2.05, 4.69) is 31.1 Å². The highest BCUT2D eigenvalue weighted by molar-refractivity contribution is 5.02. The van der Waals surface area contributed by atoms with Gasteiger partial charge in [-0.2, -0.15) is 0 Å². The van der Waals surface area contributed by atoms with Gasteiger partial charge in [0.25, 0.3) is 0 Å². The van der Waals surface area contributed by atoms with Crippen molar-refractivity contribution in [1.29, 1.82) is 0 Å². The zero-order valence-corrected chi connectivity index (χ0v) is 8.32. The van der Waals surface area contributed by atoms with Gasteiger partial charge in [-0.1, -0.05) is 19.1 Å². The molecule has 4 heteroatoms. The van der Waals surface area contributed by atoms with Crippen LogP contribution in [0.5, 0.6) is 0 Å². The predicted octanol–water partition coefficient (Wildman–Crippen LogP) is 1.15. The zero-order chi connectivity index (χ0) is 9.47. The molecule has 2 rings (SSSR count). The van der Waals surface area contributed by atoms with E-state index in [-0.39, 0.29) is 5.54 Å². The van der Waals surface area contributed by atoms with Crippen molar-refractivity contribution in [3.8, 4) is 0 Å². The number of ether oxygens (including phenoxy) is 1. The van der Waals surface area contributed by atoms with E-state index < -0.39 is 0 Å². The summed E-state index contributed by atoms with van der Waals surface area (Å²) in [6.07, 6.45) is 2.02. The first-order valence-electron chi connectivity index (χ1n) is 4.62. The Labute approximate surface area is 77.9 Å². The van der Waals surface area contributed by atoms with E-state index in [0.29, 0.717) is 5.92 Å². The minimum atomic E-state index is 0.0418. The molecule has 2 heterocycles. The third-order valence-corrected chi connectivity index (χ3v) is 2.48. The maximum atomic E-state index is 5.17. The summed E-state index contributed by atoms with van der Waals surface area (Å²) in [6, 6.07) is 0. The lowest BCUT2D eigenvalue weighted by Crippen LogP contribution is -2.49. The molecule has 1 aromatic heterocycles. The van der Waals surface area contributed by atoms with E-state index in [4.69, 9.17) is 4.74 Å². The van der Waals surface area contributed by atoms with Crippen molar-refractivity contribution in [2.45, 2.75) is 32.2 Å². The highest BCUT2D eigenvalue weighted by Gasteiger charge is 2.36. The van der Waals surface area contributed by atoms with Crippen molar-refractivity contribution in [1.82, 2.24) is 15.0 Å². The Bertz CT molecular complexity index is 302. The topological polar surface area (TPSA) is 39.9 Å². The largest absolute Gasteiger partial charge is 0.376 e. The number of hydrogen-bond acceptors (Lipinski definition) is 3. The molecule has 0 aromatic carbocycles. The molecule has 1 aliphatic rings. The SMILES string of the molecule is CC(C)c1cn(C2(C)COC2)nn1. The molecule has 0 N–H and O–H groups in total. The molecule has 4 nitrogen and oxygen atoms in total. The lowest BCUT2D eigenvalue weighted by atomic mass is 10.0. The van der Waals surface area contributed by atoms with Crippen LogP contribution < -0.4 is 0 Å². The summed E-state index contributed by atoms with van der Waals surface area (Å²) < 4.78 is 7.10. The lowest BCUT2D eigenvalue weighted by molar-refractivity contribution is -0.0965. The highest BCUT2D eigenvalue weighted by Crippen LogP contribution is 2.25. The van der Waals surface area contributed by atoms with Crippen LogP contribution in [0.1, 0.15) is 32.4 Å². The van der Waals surface area contributed by atoms with Crippen LogP contribution in [-0.4, -0.2) is 28.2 Å². The number of aromatic nitrogens is 3. The minimum Gasteiger partial charge on any atom is -0.376 e. The van der Waals surface area contributed by atoms with Crippen LogP contribution in [0.15, 0.2) is 6.20 Å². The van der Waals surface area contributed by atoms with Gasteiger partial charge in [-0.3, -0.25) is 0 Å². The molecule has 0 unspecified atom stereocenters. The number of rotatable bonds is 2. The molecule has 0 saturated carbocycles. The van der Waals surface area contributed by atoms with Crippen molar-refractivity contribution in [3.63, 3.8) is 0 Å². The summed E-state index contributed by atoms with van der Waals surface area (Å²) in [7, 11) is 0. The van der Waals surface area contributed by atoms with E-state index in [1.165, 1.54) is 0 Å². The Morgan fingerprint density at radius 2 is 2.23 bits per heavy atom. The van der Waals surface area contributed by atoms with E-state index in [1.54, 1.807) is 0 Å². The Morgan fingerprint density at radius 1 is 1.54 bits per heavy atom. The van der Waals surface area contributed by atoms with Crippen molar-refractivity contribution in [2.75, 3.05) is 13.2 Å². The molecule has 0 radical (unpaired) electrons. The average molecular weight is 181 g/mol. The minimum absolute atomic E-state index is 0.0418. The molecule has 1 aliphatic heterocycles. The Hall–Kier alpha value is -0.900. The second-order valence-corrected chi connectivity index (χ2v) is 4.23. The van der Waals surface area contributed by atoms with Gasteiger partial charge in [-0.05, 0) is 12.8 Å². The standard InChI is InChI=1S/C9H15N3O/c1-7(2)8-4-12(11-10-8)9(3)5-13-6-9/h4,7H,5-6H2,1-3H3. The Morgan fingerprint density at radius 3 is 2.62 bits per heavy atom. The third kappa shape index (κ3) is 1.35. The van der Waals surface area contributed by atoms with Crippen LogP contribution in [0.4, 0.5) is 0 Å². The highest BCUT2D eigenvalue weighted by atomic mass is 16.5. The van der Waals surface area contributed by atoms with Gasteiger partial charge in [-0.25, -0.2) is 4.68 Å². The summed E-state index contributed by atoms with van der Waals surface area (Å²) >= 11 is 0. The molecular formula is C9H15N3O. The van der Waals surface area contributed by atoms with E-state index >= 15 is 0 Å². The van der Waals surface area contributed by atoms with Gasteiger partial charge in [0.1, 0.15) is 5.54 Å². The number of nitrogens with zero attached hydrogens (tertiary/aromatic N) is 3. The molecule has 0 amide bonds. The smallest absolute Gasteiger partial charge is 0.108 e. The maximum Gasteiger partial charge on any atom is 0.108 e. The van der Waals surface area contributed by atoms with Gasteiger partial charge in [0.15, 0.2) is 0 Å². The Balaban J connectivity index is 2.22. The van der Waals surface area contributed by atoms with Crippen molar-refractivity contribution < 1.29 is 4.74 Å². The fraction of sp³-hybridized carbons (Fsp3) is 0.778. The van der Waals surface area contributed by atoms with Gasteiger partial charge >= 0.3 is 0 Å². The first-order chi connectivity index (χ1) is 6.12. The summed E-state index contributed by atoms with van der Waals surface area (Å²) in [4.78, 5) is 0. The first-order valence-corrected chi connectivity index (χ1v) is 4.62. The summed E-state index contributed by atoms with van der Waals surface area (Å²) in [6.45, 7) is 7.86. The molecule has 0 bridgehead atoms. The molecule has 13 heavy (non-hydrogen) atoms. The second kappa shape index (κ2) is 2.80. The van der Waals surface area contributed by atoms with Crippen LogP contribution in [-0.2, 0) is 10.3 Å². The fourth-order valence-corrected chi connectivity index (χ4v) is 1.33. The summed E-state index contributed by atoms with van der Waals surface area (Å²) in [5.41, 5.74) is 1.09. The van der Waals surface area contributed by atoms with Crippen LogP contribution in [0.2, 0.25) is 0 Å². The molecule has 1 saturated heterocycles. The van der Waals surface area contributed by atoms with Crippen LogP contribution in [0.25, 0.3) is 0 Å². The van der Waals surface area contributed by atoms with Gasteiger partial charge in [0, 0.05) is 6.20 Å². The summed E-state index contributed by atoms with van der Waals surface area (Å²) in [5.74, 6) is 0.443. The molecule has 0 spiro atoms. The average Bonchev–Trinajstić information content (AvgIpc) is 2.48. The van der Waals surface area contributed by atoms with E-state index in [1.807, 2.05) is 10.9 Å². The van der Waals surface area contributed by atoms with Gasteiger partial charge in [0.05, 0.1) is 18.9 Å². The lowest BCUT2D eigenvalue weighted by Gasteiger charge is -2.37.